The van der Waals surface area contributed by atoms with Crippen LogP contribution < -0.4 is 0 Å². The molecule has 1 fully saturated rings. The lowest BCUT2D eigenvalue weighted by Gasteiger charge is -2.22. The Kier molecular flexibility index (Phi) is 2.16. The lowest BCUT2D eigenvalue weighted by Crippen LogP contribution is -2.37. The quantitative estimate of drug-likeness (QED) is 0.302. The maximum atomic E-state index is 10.5. The van der Waals surface area contributed by atoms with Gasteiger partial charge in [0.2, 0.25) is 0 Å². The maximum absolute atomic E-state index is 10.5. The van der Waals surface area contributed by atoms with Gasteiger partial charge in [-0.05, 0) is 11.8 Å². The molecule has 0 bridgehead atoms. The van der Waals surface area contributed by atoms with Gasteiger partial charge in [-0.1, -0.05) is 11.6 Å². The van der Waals surface area contributed by atoms with Gasteiger partial charge in [-0.25, -0.2) is 4.42 Å². The van der Waals surface area contributed by atoms with Crippen molar-refractivity contribution >= 4 is 29.3 Å². The number of esters is 1. The lowest BCUT2D eigenvalue weighted by molar-refractivity contribution is -0.150. The van der Waals surface area contributed by atoms with Crippen LogP contribution in [0.4, 0.5) is 0 Å². The van der Waals surface area contributed by atoms with Gasteiger partial charge in [-0.3, -0.25) is 4.79 Å². The third kappa shape index (κ3) is 2.01. The van der Waals surface area contributed by atoms with Crippen LogP contribution in [0.25, 0.3) is 0 Å². The Hall–Kier alpha value is 0.01000. The topological polar surface area (TPSA) is 29.5 Å². The molecule has 0 saturated carbocycles. The van der Waals surface area contributed by atoms with Gasteiger partial charge in [0.1, 0.15) is 6.54 Å². The van der Waals surface area contributed by atoms with Crippen molar-refractivity contribution < 1.29 is 9.53 Å². The Morgan fingerprint density at radius 1 is 1.78 bits per heavy atom. The van der Waals surface area contributed by atoms with Crippen molar-refractivity contribution in [2.45, 2.75) is 5.56 Å². The Morgan fingerprint density at radius 3 is 2.89 bits per heavy atom. The maximum Gasteiger partial charge on any atom is 0.323 e. The van der Waals surface area contributed by atoms with Gasteiger partial charge in [-0.2, -0.15) is 0 Å². The number of carbonyl (C=O) groups is 1. The highest BCUT2D eigenvalue weighted by Crippen LogP contribution is 2.10. The van der Waals surface area contributed by atoms with Crippen LogP contribution in [0.3, 0.4) is 0 Å². The van der Waals surface area contributed by atoms with Gasteiger partial charge in [0, 0.05) is 0 Å². The van der Waals surface area contributed by atoms with Crippen LogP contribution in [0.1, 0.15) is 0 Å². The molecule has 9 heavy (non-hydrogen) atoms. The van der Waals surface area contributed by atoms with Crippen molar-refractivity contribution in [1.82, 2.24) is 4.42 Å². The molecule has 0 aliphatic carbocycles. The Morgan fingerprint density at radius 2 is 2.44 bits per heavy atom. The van der Waals surface area contributed by atoms with Crippen LogP contribution in [0.5, 0.6) is 0 Å². The molecule has 0 aromatic rings. The second-order valence-electron chi connectivity index (χ2n) is 1.70. The van der Waals surface area contributed by atoms with Crippen LogP contribution in [-0.4, -0.2) is 29.0 Å². The first-order chi connectivity index (χ1) is 4.18. The molecule has 1 aliphatic heterocycles. The molecule has 1 heterocycles. The number of halogens is 2. The number of cyclic esters (lactones) is 1. The molecular formula is C4H5Cl2NO2. The van der Waals surface area contributed by atoms with Gasteiger partial charge in [0.05, 0.1) is 6.54 Å². The molecule has 1 atom stereocenters. The van der Waals surface area contributed by atoms with E-state index < -0.39 is 5.56 Å². The number of hydrogen-bond donors (Lipinski definition) is 0. The van der Waals surface area contributed by atoms with E-state index in [9.17, 15) is 4.79 Å². The largest absolute Gasteiger partial charge is 0.444 e. The van der Waals surface area contributed by atoms with E-state index in [-0.39, 0.29) is 12.5 Å². The number of carbonyl (C=O) groups excluding carboxylic acids is 1. The van der Waals surface area contributed by atoms with E-state index in [1.807, 2.05) is 0 Å². The first kappa shape index (κ1) is 7.12. The molecule has 1 rings (SSSR count). The van der Waals surface area contributed by atoms with E-state index in [0.717, 1.165) is 0 Å². The van der Waals surface area contributed by atoms with Gasteiger partial charge in [0.15, 0.2) is 5.56 Å². The minimum absolute atomic E-state index is 0.116. The van der Waals surface area contributed by atoms with Crippen LogP contribution in [0, 0.1) is 0 Å². The highest BCUT2D eigenvalue weighted by molar-refractivity contribution is 6.22. The molecule has 0 N–H and O–H groups in total. The van der Waals surface area contributed by atoms with Crippen LogP contribution in [0.15, 0.2) is 0 Å². The summed E-state index contributed by atoms with van der Waals surface area (Å²) in [6.45, 7) is 0.500. The second-order valence-corrected chi connectivity index (χ2v) is 2.67. The van der Waals surface area contributed by atoms with Crippen molar-refractivity contribution in [3.8, 4) is 0 Å². The predicted octanol–water partition coefficient (Wildman–Crippen LogP) is 0.564. The van der Waals surface area contributed by atoms with Crippen molar-refractivity contribution in [2.75, 3.05) is 13.1 Å². The zero-order valence-corrected chi connectivity index (χ0v) is 6.02. The Balaban J connectivity index is 2.43. The fraction of sp³-hybridized carbons (Fsp3) is 0.750. The molecule has 0 spiro atoms. The smallest absolute Gasteiger partial charge is 0.323 e. The average Bonchev–Trinajstić information content (AvgIpc) is 1.59. The molecular weight excluding hydrogens is 165 g/mol. The summed E-state index contributed by atoms with van der Waals surface area (Å²) in [5, 5.41) is 0. The number of rotatable bonds is 0. The minimum Gasteiger partial charge on any atom is -0.444 e. The highest BCUT2D eigenvalue weighted by Gasteiger charge is 2.22. The number of alkyl halides is 1. The summed E-state index contributed by atoms with van der Waals surface area (Å²) in [6.07, 6.45) is 0. The molecule has 1 aliphatic rings. The van der Waals surface area contributed by atoms with Gasteiger partial charge >= 0.3 is 5.97 Å². The SMILES string of the molecule is O=C1CN(Cl)CC(Cl)O1. The van der Waals surface area contributed by atoms with Crippen LogP contribution >= 0.6 is 23.4 Å². The standard InChI is InChI=1S/C4H5Cl2NO2/c5-3-1-7(6)2-4(8)9-3/h3H,1-2H2. The van der Waals surface area contributed by atoms with Crippen LogP contribution in [-0.2, 0) is 9.53 Å². The average molecular weight is 170 g/mol. The predicted molar refractivity (Wildman–Crippen MR) is 33.2 cm³/mol. The molecule has 0 aromatic carbocycles. The van der Waals surface area contributed by atoms with E-state index in [1.54, 1.807) is 0 Å². The first-order valence-electron chi connectivity index (χ1n) is 2.43. The normalized spacial score (nSPS) is 30.0. The summed E-state index contributed by atoms with van der Waals surface area (Å²) in [4.78, 5) is 10.5. The molecule has 1 unspecified atom stereocenters. The molecule has 1 saturated heterocycles. The minimum atomic E-state index is -0.594. The molecule has 52 valence electrons. The van der Waals surface area contributed by atoms with Crippen molar-refractivity contribution in [3.63, 3.8) is 0 Å². The zero-order valence-electron chi connectivity index (χ0n) is 4.51. The molecule has 5 heteroatoms. The fourth-order valence-corrected chi connectivity index (χ4v) is 1.14. The van der Waals surface area contributed by atoms with Gasteiger partial charge in [-0.15, -0.1) is 0 Å². The summed E-state index contributed by atoms with van der Waals surface area (Å²) in [5.41, 5.74) is -0.594. The van der Waals surface area contributed by atoms with Gasteiger partial charge in [0.25, 0.3) is 0 Å². The summed E-state index contributed by atoms with van der Waals surface area (Å²) in [6, 6.07) is 0. The van der Waals surface area contributed by atoms with Crippen molar-refractivity contribution in [3.05, 3.63) is 0 Å². The second kappa shape index (κ2) is 2.73. The Labute approximate surface area is 62.6 Å². The highest BCUT2D eigenvalue weighted by atomic mass is 35.5. The molecule has 0 amide bonds. The number of ether oxygens (including phenoxy) is 1. The van der Waals surface area contributed by atoms with E-state index >= 15 is 0 Å². The summed E-state index contributed by atoms with van der Waals surface area (Å²) in [5.74, 6) is -0.378. The summed E-state index contributed by atoms with van der Waals surface area (Å²) < 4.78 is 5.85. The van der Waals surface area contributed by atoms with E-state index in [2.05, 4.69) is 4.74 Å². The zero-order chi connectivity index (χ0) is 6.85. The third-order valence-corrected chi connectivity index (χ3v) is 1.39. The fourth-order valence-electron chi connectivity index (χ4n) is 0.578. The molecule has 3 nitrogen and oxygen atoms in total. The number of morpholine rings is 1. The van der Waals surface area contributed by atoms with E-state index in [0.29, 0.717) is 6.54 Å². The molecule has 0 aromatic heterocycles. The van der Waals surface area contributed by atoms with Crippen LogP contribution in [0.2, 0.25) is 0 Å². The Bertz CT molecular complexity index is 118. The first-order valence-corrected chi connectivity index (χ1v) is 3.20. The third-order valence-electron chi connectivity index (χ3n) is 0.902. The van der Waals surface area contributed by atoms with E-state index in [1.165, 1.54) is 4.42 Å². The molecule has 0 radical (unpaired) electrons. The van der Waals surface area contributed by atoms with Crippen molar-refractivity contribution in [1.29, 1.82) is 0 Å². The number of hydrogen-bond acceptors (Lipinski definition) is 3. The monoisotopic (exact) mass is 169 g/mol. The number of nitrogens with zero attached hydrogens (tertiary/aromatic N) is 1. The van der Waals surface area contributed by atoms with Crippen molar-refractivity contribution in [2.24, 2.45) is 0 Å². The van der Waals surface area contributed by atoms with Gasteiger partial charge < -0.3 is 4.74 Å². The van der Waals surface area contributed by atoms with E-state index in [4.69, 9.17) is 23.4 Å². The summed E-state index contributed by atoms with van der Waals surface area (Å²) in [7, 11) is 0. The lowest BCUT2D eigenvalue weighted by atomic mass is 10.5. The summed E-state index contributed by atoms with van der Waals surface area (Å²) >= 11 is 10.9.